The Morgan fingerprint density at radius 2 is 2.25 bits per heavy atom. The first-order chi connectivity index (χ1) is 7.83. The number of methoxy groups -OCH3 is 1. The average Bonchev–Trinajstić information content (AvgIpc) is 2.77. The van der Waals surface area contributed by atoms with E-state index in [1.807, 2.05) is 7.11 Å². The van der Waals surface area contributed by atoms with Crippen LogP contribution in [0.25, 0.3) is 0 Å². The summed E-state index contributed by atoms with van der Waals surface area (Å²) in [5.74, 6) is 0. The number of nitrogens with zero attached hydrogens (tertiary/aromatic N) is 1. The molecule has 0 aromatic carbocycles. The minimum Gasteiger partial charge on any atom is -0.380 e. The molecule has 2 heterocycles. The highest BCUT2D eigenvalue weighted by Gasteiger charge is 2.28. The number of piperidine rings is 1. The number of hydrogen-bond donors (Lipinski definition) is 1. The highest BCUT2D eigenvalue weighted by atomic mass is 16.5. The molecule has 2 saturated heterocycles. The van der Waals surface area contributed by atoms with Gasteiger partial charge in [0.2, 0.25) is 0 Å². The summed E-state index contributed by atoms with van der Waals surface area (Å²) in [5.41, 5.74) is 0. The largest absolute Gasteiger partial charge is 0.380 e. The monoisotopic (exact) mass is 226 g/mol. The molecule has 3 nitrogen and oxygen atoms in total. The summed E-state index contributed by atoms with van der Waals surface area (Å²) < 4.78 is 5.40. The van der Waals surface area contributed by atoms with Gasteiger partial charge in [-0.15, -0.1) is 0 Å². The predicted molar refractivity (Wildman–Crippen MR) is 66.7 cm³/mol. The molecule has 16 heavy (non-hydrogen) atoms. The minimum absolute atomic E-state index is 0.440. The van der Waals surface area contributed by atoms with Crippen LogP contribution in [0.15, 0.2) is 0 Å². The van der Waals surface area contributed by atoms with Gasteiger partial charge in [0.1, 0.15) is 0 Å². The summed E-state index contributed by atoms with van der Waals surface area (Å²) in [7, 11) is 1.82. The maximum Gasteiger partial charge on any atom is 0.0711 e. The van der Waals surface area contributed by atoms with Crippen molar-refractivity contribution in [2.75, 3.05) is 26.7 Å². The van der Waals surface area contributed by atoms with Crippen molar-refractivity contribution in [3.05, 3.63) is 0 Å². The van der Waals surface area contributed by atoms with E-state index in [1.165, 1.54) is 45.2 Å². The Labute approximate surface area is 99.5 Å². The Kier molecular flexibility index (Phi) is 4.62. The molecule has 1 N–H and O–H groups in total. The van der Waals surface area contributed by atoms with Crippen LogP contribution in [0.3, 0.4) is 0 Å². The fourth-order valence-electron chi connectivity index (χ4n) is 3.15. The third kappa shape index (κ3) is 2.96. The maximum atomic E-state index is 5.40. The summed E-state index contributed by atoms with van der Waals surface area (Å²) in [5, 5.41) is 3.58. The summed E-state index contributed by atoms with van der Waals surface area (Å²) in [6, 6.07) is 1.48. The van der Waals surface area contributed by atoms with Gasteiger partial charge < -0.3 is 10.1 Å². The van der Waals surface area contributed by atoms with Gasteiger partial charge in [-0.05, 0) is 32.2 Å². The van der Waals surface area contributed by atoms with Crippen LogP contribution in [0.2, 0.25) is 0 Å². The van der Waals surface area contributed by atoms with Crippen molar-refractivity contribution in [3.8, 4) is 0 Å². The van der Waals surface area contributed by atoms with E-state index >= 15 is 0 Å². The van der Waals surface area contributed by atoms with Crippen LogP contribution < -0.4 is 5.32 Å². The zero-order valence-corrected chi connectivity index (χ0v) is 10.7. The molecule has 94 valence electrons. The lowest BCUT2D eigenvalue weighted by Gasteiger charge is -2.36. The van der Waals surface area contributed by atoms with Crippen LogP contribution in [-0.4, -0.2) is 49.8 Å². The lowest BCUT2D eigenvalue weighted by molar-refractivity contribution is 0.107. The molecule has 2 aliphatic heterocycles. The van der Waals surface area contributed by atoms with E-state index in [1.54, 1.807) is 0 Å². The molecular formula is C13H26N2O. The minimum atomic E-state index is 0.440. The second-order valence-corrected chi connectivity index (χ2v) is 5.25. The second kappa shape index (κ2) is 5.99. The molecule has 0 saturated carbocycles. The average molecular weight is 226 g/mol. The van der Waals surface area contributed by atoms with Crippen LogP contribution in [0.5, 0.6) is 0 Å². The van der Waals surface area contributed by atoms with E-state index in [4.69, 9.17) is 4.74 Å². The molecule has 2 rings (SSSR count). The Bertz CT molecular complexity index is 210. The first kappa shape index (κ1) is 12.3. The molecule has 0 aromatic heterocycles. The Hall–Kier alpha value is -0.120. The molecule has 0 aromatic rings. The van der Waals surface area contributed by atoms with Gasteiger partial charge in [0.15, 0.2) is 0 Å². The lowest BCUT2D eigenvalue weighted by Crippen LogP contribution is -2.45. The van der Waals surface area contributed by atoms with E-state index < -0.39 is 0 Å². The Morgan fingerprint density at radius 3 is 2.94 bits per heavy atom. The van der Waals surface area contributed by atoms with Gasteiger partial charge in [-0.25, -0.2) is 0 Å². The number of nitrogens with one attached hydrogen (secondary N) is 1. The van der Waals surface area contributed by atoms with Gasteiger partial charge in [0, 0.05) is 32.3 Å². The predicted octanol–water partition coefficient (Wildman–Crippen LogP) is 1.63. The van der Waals surface area contributed by atoms with Crippen LogP contribution in [0.1, 0.15) is 39.0 Å². The highest BCUT2D eigenvalue weighted by Crippen LogP contribution is 2.21. The third-order valence-electron chi connectivity index (χ3n) is 4.19. The maximum absolute atomic E-state index is 5.40. The molecule has 3 atom stereocenters. The van der Waals surface area contributed by atoms with E-state index in [2.05, 4.69) is 17.1 Å². The van der Waals surface area contributed by atoms with Crippen LogP contribution in [-0.2, 0) is 4.74 Å². The van der Waals surface area contributed by atoms with Gasteiger partial charge >= 0.3 is 0 Å². The van der Waals surface area contributed by atoms with Crippen molar-refractivity contribution in [2.45, 2.75) is 57.2 Å². The van der Waals surface area contributed by atoms with Crippen molar-refractivity contribution in [3.63, 3.8) is 0 Å². The van der Waals surface area contributed by atoms with Gasteiger partial charge in [0.25, 0.3) is 0 Å². The molecule has 0 bridgehead atoms. The number of hydrogen-bond acceptors (Lipinski definition) is 3. The number of likely N-dealkylation sites (tertiary alicyclic amines) is 1. The van der Waals surface area contributed by atoms with Crippen LogP contribution in [0, 0.1) is 0 Å². The van der Waals surface area contributed by atoms with Gasteiger partial charge in [-0.2, -0.15) is 0 Å². The van der Waals surface area contributed by atoms with Crippen molar-refractivity contribution < 1.29 is 4.74 Å². The van der Waals surface area contributed by atoms with Crippen molar-refractivity contribution in [1.29, 1.82) is 0 Å². The highest BCUT2D eigenvalue weighted by molar-refractivity contribution is 4.87. The Morgan fingerprint density at radius 1 is 1.38 bits per heavy atom. The molecule has 3 heteroatoms. The van der Waals surface area contributed by atoms with Gasteiger partial charge in [-0.1, -0.05) is 13.3 Å². The summed E-state index contributed by atoms with van der Waals surface area (Å²) >= 11 is 0. The molecule has 0 spiro atoms. The number of ether oxygens (including phenoxy) is 1. The number of rotatable bonds is 4. The topological polar surface area (TPSA) is 24.5 Å². The normalized spacial score (nSPS) is 36.8. The smallest absolute Gasteiger partial charge is 0.0711 e. The van der Waals surface area contributed by atoms with E-state index in [0.717, 1.165) is 12.6 Å². The van der Waals surface area contributed by atoms with Crippen molar-refractivity contribution in [2.24, 2.45) is 0 Å². The van der Waals surface area contributed by atoms with Crippen molar-refractivity contribution >= 4 is 0 Å². The molecule has 0 radical (unpaired) electrons. The SMILES string of the molecule is CCC1CCCCN1CC1CC(OC)CN1. The van der Waals surface area contributed by atoms with E-state index in [-0.39, 0.29) is 0 Å². The molecule has 2 fully saturated rings. The molecule has 0 aliphatic carbocycles. The zero-order valence-electron chi connectivity index (χ0n) is 10.7. The van der Waals surface area contributed by atoms with Gasteiger partial charge in [-0.3, -0.25) is 4.90 Å². The summed E-state index contributed by atoms with van der Waals surface area (Å²) in [6.07, 6.45) is 7.14. The third-order valence-corrected chi connectivity index (χ3v) is 4.19. The lowest BCUT2D eigenvalue weighted by atomic mass is 9.99. The first-order valence-corrected chi connectivity index (χ1v) is 6.83. The molecule has 3 unspecified atom stereocenters. The second-order valence-electron chi connectivity index (χ2n) is 5.25. The van der Waals surface area contributed by atoms with Crippen molar-refractivity contribution in [1.82, 2.24) is 10.2 Å². The fraction of sp³-hybridized carbons (Fsp3) is 1.00. The molecular weight excluding hydrogens is 200 g/mol. The fourth-order valence-corrected chi connectivity index (χ4v) is 3.15. The molecule has 2 aliphatic rings. The summed E-state index contributed by atoms with van der Waals surface area (Å²) in [6.45, 7) is 5.88. The first-order valence-electron chi connectivity index (χ1n) is 6.83. The van der Waals surface area contributed by atoms with E-state index in [0.29, 0.717) is 12.1 Å². The summed E-state index contributed by atoms with van der Waals surface area (Å²) in [4.78, 5) is 2.69. The van der Waals surface area contributed by atoms with Gasteiger partial charge in [0.05, 0.1) is 6.10 Å². The zero-order chi connectivity index (χ0) is 11.4. The van der Waals surface area contributed by atoms with E-state index in [9.17, 15) is 0 Å². The van der Waals surface area contributed by atoms with Crippen LogP contribution >= 0.6 is 0 Å². The Balaban J connectivity index is 1.79. The quantitative estimate of drug-likeness (QED) is 0.788. The standard InChI is InChI=1S/C13H26N2O/c1-3-12-6-4-5-7-15(12)10-11-8-13(16-2)9-14-11/h11-14H,3-10H2,1-2H3. The molecule has 0 amide bonds. The van der Waals surface area contributed by atoms with Crippen LogP contribution in [0.4, 0.5) is 0 Å².